The summed E-state index contributed by atoms with van der Waals surface area (Å²) in [4.78, 5) is 11.9. The Morgan fingerprint density at radius 1 is 1.14 bits per heavy atom. The summed E-state index contributed by atoms with van der Waals surface area (Å²) in [5.74, 6) is -0.160. The number of hydroxylamine groups is 2. The monoisotopic (exact) mass is 411 g/mol. The van der Waals surface area contributed by atoms with Gasteiger partial charge in [-0.25, -0.2) is 0 Å². The second kappa shape index (κ2) is 6.71. The molecule has 3 atom stereocenters. The Balaban J connectivity index is 2.96. The van der Waals surface area contributed by atoms with Crippen LogP contribution in [0.4, 0.5) is 0 Å². The van der Waals surface area contributed by atoms with E-state index >= 15 is 0 Å². The first kappa shape index (κ1) is 19.2. The van der Waals surface area contributed by atoms with Crippen LogP contribution in [-0.2, 0) is 9.53 Å². The van der Waals surface area contributed by atoms with Crippen LogP contribution in [0.25, 0.3) is 0 Å². The van der Waals surface area contributed by atoms with E-state index in [1.54, 1.807) is 0 Å². The zero-order valence-electron chi connectivity index (χ0n) is 14.3. The van der Waals surface area contributed by atoms with Gasteiger partial charge in [-0.3, -0.25) is 4.79 Å². The molecule has 1 aliphatic rings. The van der Waals surface area contributed by atoms with Crippen molar-refractivity contribution < 1.29 is 14.7 Å². The van der Waals surface area contributed by atoms with Gasteiger partial charge >= 0.3 is 5.97 Å². The van der Waals surface area contributed by atoms with Gasteiger partial charge in [0.1, 0.15) is 10.0 Å². The number of carbonyl (C=O) groups excluding carboxylic acids is 1. The van der Waals surface area contributed by atoms with Crippen LogP contribution in [-0.4, -0.2) is 38.4 Å². The maximum absolute atomic E-state index is 11.9. The first-order valence-corrected chi connectivity index (χ1v) is 8.90. The van der Waals surface area contributed by atoms with Gasteiger partial charge < -0.3 is 9.94 Å². The molecule has 0 aromatic carbocycles. The van der Waals surface area contributed by atoms with E-state index in [0.717, 1.165) is 0 Å². The van der Waals surface area contributed by atoms with Crippen LogP contribution in [0, 0.1) is 10.8 Å². The normalized spacial score (nSPS) is 30.0. The highest BCUT2D eigenvalue weighted by molar-refractivity contribution is 14.1. The van der Waals surface area contributed by atoms with E-state index in [9.17, 15) is 10.0 Å². The minimum atomic E-state index is -0.160. The lowest BCUT2D eigenvalue weighted by molar-refractivity contribution is -0.240. The van der Waals surface area contributed by atoms with E-state index < -0.39 is 0 Å². The van der Waals surface area contributed by atoms with Crippen LogP contribution in [0.5, 0.6) is 0 Å². The van der Waals surface area contributed by atoms with Gasteiger partial charge in [-0.1, -0.05) is 64.1 Å². The standard InChI is InChI=1S/C16H30INO3/c1-10(17)14(19)21-11-8-12(15(2,3)4)18(20)13(9-11)16(5,6)7/h10-13,20H,8-9H2,1-7H3. The molecular weight excluding hydrogens is 381 g/mol. The van der Waals surface area contributed by atoms with Gasteiger partial charge in [-0.15, -0.1) is 0 Å². The van der Waals surface area contributed by atoms with Crippen LogP contribution in [0.2, 0.25) is 0 Å². The molecule has 1 heterocycles. The lowest BCUT2D eigenvalue weighted by atomic mass is 9.73. The highest BCUT2D eigenvalue weighted by Gasteiger charge is 2.46. The maximum Gasteiger partial charge on any atom is 0.318 e. The molecule has 0 bridgehead atoms. The maximum atomic E-state index is 11.9. The Morgan fingerprint density at radius 3 is 1.81 bits per heavy atom. The molecule has 1 aliphatic heterocycles. The molecule has 1 saturated heterocycles. The molecule has 5 heteroatoms. The number of carbonyl (C=O) groups is 1. The van der Waals surface area contributed by atoms with Crippen molar-refractivity contribution in [2.24, 2.45) is 10.8 Å². The van der Waals surface area contributed by atoms with Crippen LogP contribution in [0.1, 0.15) is 61.3 Å². The van der Waals surface area contributed by atoms with Gasteiger partial charge in [-0.2, -0.15) is 5.06 Å². The summed E-state index contributed by atoms with van der Waals surface area (Å²) < 4.78 is 5.53. The lowest BCUT2D eigenvalue weighted by Gasteiger charge is -2.50. The molecule has 1 rings (SSSR count). The zero-order chi connectivity index (χ0) is 16.6. The first-order valence-electron chi connectivity index (χ1n) is 7.65. The number of ether oxygens (including phenoxy) is 1. The summed E-state index contributed by atoms with van der Waals surface area (Å²) >= 11 is 2.08. The molecular formula is C16H30INO3. The number of hydrogen-bond donors (Lipinski definition) is 1. The van der Waals surface area contributed by atoms with Crippen molar-refractivity contribution >= 4 is 28.6 Å². The van der Waals surface area contributed by atoms with E-state index in [2.05, 4.69) is 64.1 Å². The number of rotatable bonds is 2. The number of nitrogens with zero attached hydrogens (tertiary/aromatic N) is 1. The number of halogens is 1. The summed E-state index contributed by atoms with van der Waals surface area (Å²) in [6.45, 7) is 14.5. The van der Waals surface area contributed by atoms with Gasteiger partial charge in [0.25, 0.3) is 0 Å². The van der Waals surface area contributed by atoms with E-state index in [0.29, 0.717) is 12.8 Å². The minimum absolute atomic E-state index is 0.0159. The quantitative estimate of drug-likeness (QED) is 0.424. The second-order valence-corrected chi connectivity index (χ2v) is 10.2. The molecule has 0 amide bonds. The molecule has 4 nitrogen and oxygen atoms in total. The molecule has 1 N–H and O–H groups in total. The fourth-order valence-electron chi connectivity index (χ4n) is 2.88. The number of hydrogen-bond acceptors (Lipinski definition) is 4. The molecule has 0 spiro atoms. The summed E-state index contributed by atoms with van der Waals surface area (Å²) in [6, 6.07) is -0.0319. The van der Waals surface area contributed by atoms with E-state index in [4.69, 9.17) is 4.74 Å². The molecule has 0 aromatic rings. The van der Waals surface area contributed by atoms with Gasteiger partial charge in [0.05, 0.1) is 0 Å². The van der Waals surface area contributed by atoms with Gasteiger partial charge in [0, 0.05) is 24.9 Å². The molecule has 3 unspecified atom stereocenters. The predicted molar refractivity (Wildman–Crippen MR) is 92.7 cm³/mol. The Kier molecular flexibility index (Phi) is 6.12. The van der Waals surface area contributed by atoms with Crippen LogP contribution in [0.15, 0.2) is 0 Å². The van der Waals surface area contributed by atoms with Crippen molar-refractivity contribution in [2.45, 2.75) is 83.4 Å². The van der Waals surface area contributed by atoms with E-state index in [1.807, 2.05) is 6.92 Å². The number of esters is 1. The van der Waals surface area contributed by atoms with Crippen molar-refractivity contribution in [3.63, 3.8) is 0 Å². The topological polar surface area (TPSA) is 49.8 Å². The zero-order valence-corrected chi connectivity index (χ0v) is 16.5. The largest absolute Gasteiger partial charge is 0.461 e. The summed E-state index contributed by atoms with van der Waals surface area (Å²) in [6.07, 6.45) is 1.25. The third-order valence-electron chi connectivity index (χ3n) is 4.22. The van der Waals surface area contributed by atoms with Crippen LogP contribution in [0.3, 0.4) is 0 Å². The van der Waals surface area contributed by atoms with Crippen molar-refractivity contribution in [1.82, 2.24) is 5.06 Å². The minimum Gasteiger partial charge on any atom is -0.461 e. The van der Waals surface area contributed by atoms with E-state index in [-0.39, 0.29) is 38.9 Å². The average molecular weight is 411 g/mol. The highest BCUT2D eigenvalue weighted by atomic mass is 127. The summed E-state index contributed by atoms with van der Waals surface area (Å²) in [7, 11) is 0. The number of alkyl halides is 1. The first-order chi connectivity index (χ1) is 9.34. The van der Waals surface area contributed by atoms with Crippen molar-refractivity contribution in [3.05, 3.63) is 0 Å². The molecule has 21 heavy (non-hydrogen) atoms. The van der Waals surface area contributed by atoms with Gasteiger partial charge in [0.2, 0.25) is 0 Å². The van der Waals surface area contributed by atoms with Crippen LogP contribution < -0.4 is 0 Å². The molecule has 1 fully saturated rings. The summed E-state index contributed by atoms with van der Waals surface area (Å²) in [5, 5.41) is 12.2. The van der Waals surface area contributed by atoms with Gasteiger partial charge in [-0.05, 0) is 17.8 Å². The smallest absolute Gasteiger partial charge is 0.318 e. The lowest BCUT2D eigenvalue weighted by Crippen LogP contribution is -2.58. The third-order valence-corrected chi connectivity index (χ3v) is 4.73. The van der Waals surface area contributed by atoms with Crippen molar-refractivity contribution in [2.75, 3.05) is 0 Å². The van der Waals surface area contributed by atoms with Crippen molar-refractivity contribution in [3.8, 4) is 0 Å². The Morgan fingerprint density at radius 2 is 1.52 bits per heavy atom. The fourth-order valence-corrected chi connectivity index (χ4v) is 3.03. The molecule has 124 valence electrons. The van der Waals surface area contributed by atoms with E-state index in [1.165, 1.54) is 5.06 Å². The molecule has 0 aliphatic carbocycles. The predicted octanol–water partition coefficient (Wildman–Crippen LogP) is 4.04. The Labute approximate surface area is 142 Å². The summed E-state index contributed by atoms with van der Waals surface area (Å²) in [5.41, 5.74) is -0.140. The second-order valence-electron chi connectivity index (χ2n) is 8.29. The number of piperidine rings is 1. The molecule has 0 radical (unpaired) electrons. The van der Waals surface area contributed by atoms with Gasteiger partial charge in [0.15, 0.2) is 0 Å². The highest BCUT2D eigenvalue weighted by Crippen LogP contribution is 2.40. The third kappa shape index (κ3) is 5.06. The Bertz CT molecular complexity index is 347. The van der Waals surface area contributed by atoms with Crippen molar-refractivity contribution in [1.29, 1.82) is 0 Å². The average Bonchev–Trinajstić information content (AvgIpc) is 2.27. The Hall–Kier alpha value is 0.120. The van der Waals surface area contributed by atoms with Crippen LogP contribution >= 0.6 is 22.6 Å². The molecule has 0 saturated carbocycles. The SMILES string of the molecule is CC(I)C(=O)OC1CC(C(C)(C)C)N(O)C(C(C)(C)C)C1. The molecule has 0 aromatic heterocycles. The fraction of sp³-hybridized carbons (Fsp3) is 0.938.